The lowest BCUT2D eigenvalue weighted by Gasteiger charge is -2.36. The summed E-state index contributed by atoms with van der Waals surface area (Å²) < 4.78 is 0. The molecule has 122 valence electrons. The van der Waals surface area contributed by atoms with Gasteiger partial charge >= 0.3 is 6.03 Å². The summed E-state index contributed by atoms with van der Waals surface area (Å²) in [6.45, 7) is 9.12. The van der Waals surface area contributed by atoms with Crippen LogP contribution in [0.25, 0.3) is 0 Å². The van der Waals surface area contributed by atoms with Gasteiger partial charge in [0.05, 0.1) is 0 Å². The van der Waals surface area contributed by atoms with E-state index in [1.165, 1.54) is 5.69 Å². The minimum atomic E-state index is 0.0477. The fourth-order valence-corrected chi connectivity index (χ4v) is 2.43. The molecule has 2 heterocycles. The molecule has 0 atom stereocenters. The number of carbonyl (C=O) groups excluding carboxylic acids is 1. The van der Waals surface area contributed by atoms with Gasteiger partial charge in [0, 0.05) is 63.4 Å². The van der Waals surface area contributed by atoms with Gasteiger partial charge in [-0.05, 0) is 33.0 Å². The Kier molecular flexibility index (Phi) is 6.00. The van der Waals surface area contributed by atoms with Crippen molar-refractivity contribution < 1.29 is 4.79 Å². The van der Waals surface area contributed by atoms with Gasteiger partial charge in [-0.3, -0.25) is 4.98 Å². The lowest BCUT2D eigenvalue weighted by molar-refractivity contribution is 0.191. The third kappa shape index (κ3) is 4.59. The van der Waals surface area contributed by atoms with Gasteiger partial charge in [0.15, 0.2) is 0 Å². The summed E-state index contributed by atoms with van der Waals surface area (Å²) in [4.78, 5) is 22.6. The van der Waals surface area contributed by atoms with E-state index in [4.69, 9.17) is 0 Å². The molecular formula is C16H27N5O. The summed E-state index contributed by atoms with van der Waals surface area (Å²) in [6, 6.07) is 4.57. The van der Waals surface area contributed by atoms with E-state index in [1.807, 2.05) is 17.0 Å². The minimum Gasteiger partial charge on any atom is -0.368 e. The molecule has 1 fully saturated rings. The van der Waals surface area contributed by atoms with Crippen molar-refractivity contribution in [2.24, 2.45) is 0 Å². The van der Waals surface area contributed by atoms with Crippen LogP contribution < -0.4 is 10.2 Å². The van der Waals surface area contributed by atoms with E-state index in [-0.39, 0.29) is 6.03 Å². The van der Waals surface area contributed by atoms with E-state index >= 15 is 0 Å². The highest BCUT2D eigenvalue weighted by Crippen LogP contribution is 2.14. The molecule has 6 heteroatoms. The van der Waals surface area contributed by atoms with E-state index in [9.17, 15) is 4.79 Å². The van der Waals surface area contributed by atoms with Crippen molar-refractivity contribution in [1.29, 1.82) is 0 Å². The molecule has 2 rings (SSSR count). The van der Waals surface area contributed by atoms with Crippen LogP contribution in [0, 0.1) is 0 Å². The van der Waals surface area contributed by atoms with Crippen LogP contribution in [0.4, 0.5) is 10.5 Å². The van der Waals surface area contributed by atoms with Gasteiger partial charge in [0.2, 0.25) is 0 Å². The quantitative estimate of drug-likeness (QED) is 0.890. The summed E-state index contributed by atoms with van der Waals surface area (Å²) in [6.07, 6.45) is 3.61. The number of aromatic nitrogens is 1. The average molecular weight is 305 g/mol. The predicted molar refractivity (Wildman–Crippen MR) is 89.2 cm³/mol. The molecule has 0 aromatic carbocycles. The van der Waals surface area contributed by atoms with Crippen LogP contribution in [-0.4, -0.2) is 73.2 Å². The number of carbonyl (C=O) groups is 1. The van der Waals surface area contributed by atoms with Crippen LogP contribution in [-0.2, 0) is 0 Å². The van der Waals surface area contributed by atoms with Crippen molar-refractivity contribution in [2.75, 3.05) is 51.2 Å². The van der Waals surface area contributed by atoms with Crippen molar-refractivity contribution in [2.45, 2.75) is 19.9 Å². The van der Waals surface area contributed by atoms with Gasteiger partial charge in [-0.2, -0.15) is 0 Å². The summed E-state index contributed by atoms with van der Waals surface area (Å²) in [5, 5.41) is 3.01. The number of hydrogen-bond acceptors (Lipinski definition) is 4. The van der Waals surface area contributed by atoms with Gasteiger partial charge in [-0.1, -0.05) is 0 Å². The third-order valence-corrected chi connectivity index (χ3v) is 4.22. The van der Waals surface area contributed by atoms with Gasteiger partial charge < -0.3 is 20.0 Å². The maximum absolute atomic E-state index is 12.2. The number of amides is 2. The first-order valence-corrected chi connectivity index (χ1v) is 7.96. The van der Waals surface area contributed by atoms with Gasteiger partial charge in [0.25, 0.3) is 0 Å². The molecule has 2 amide bonds. The fraction of sp³-hybridized carbons (Fsp3) is 0.625. The van der Waals surface area contributed by atoms with Crippen molar-refractivity contribution >= 4 is 11.7 Å². The van der Waals surface area contributed by atoms with E-state index < -0.39 is 0 Å². The number of nitrogens with zero attached hydrogens (tertiary/aromatic N) is 4. The lowest BCUT2D eigenvalue weighted by Crippen LogP contribution is -2.52. The zero-order valence-corrected chi connectivity index (χ0v) is 13.8. The van der Waals surface area contributed by atoms with Crippen molar-refractivity contribution in [3.63, 3.8) is 0 Å². The molecule has 1 N–H and O–H groups in total. The maximum Gasteiger partial charge on any atom is 0.317 e. The van der Waals surface area contributed by atoms with E-state index in [2.05, 4.69) is 41.0 Å². The highest BCUT2D eigenvalue weighted by atomic mass is 16.2. The van der Waals surface area contributed by atoms with Crippen molar-refractivity contribution in [3.05, 3.63) is 24.5 Å². The fourth-order valence-electron chi connectivity index (χ4n) is 2.43. The zero-order chi connectivity index (χ0) is 15.9. The molecule has 1 aliphatic heterocycles. The maximum atomic E-state index is 12.2. The summed E-state index contributed by atoms with van der Waals surface area (Å²) in [7, 11) is 2.07. The second-order valence-corrected chi connectivity index (χ2v) is 5.99. The number of rotatable bonds is 5. The highest BCUT2D eigenvalue weighted by Gasteiger charge is 2.20. The minimum absolute atomic E-state index is 0.0477. The lowest BCUT2D eigenvalue weighted by atomic mass is 10.3. The van der Waals surface area contributed by atoms with E-state index in [1.54, 1.807) is 12.4 Å². The van der Waals surface area contributed by atoms with Crippen LogP contribution >= 0.6 is 0 Å². The number of likely N-dealkylation sites (N-methyl/N-ethyl adjacent to an activating group) is 1. The molecule has 0 spiro atoms. The summed E-state index contributed by atoms with van der Waals surface area (Å²) >= 11 is 0. The summed E-state index contributed by atoms with van der Waals surface area (Å²) in [5.41, 5.74) is 1.17. The summed E-state index contributed by atoms with van der Waals surface area (Å²) in [5.74, 6) is 0. The molecule has 0 radical (unpaired) electrons. The first-order valence-electron chi connectivity index (χ1n) is 7.96. The number of nitrogens with one attached hydrogen (secondary N) is 1. The number of hydrogen-bond donors (Lipinski definition) is 1. The Labute approximate surface area is 133 Å². The molecule has 1 saturated heterocycles. The van der Waals surface area contributed by atoms with Crippen molar-refractivity contribution in [3.8, 4) is 0 Å². The van der Waals surface area contributed by atoms with Crippen LogP contribution in [0.5, 0.6) is 0 Å². The van der Waals surface area contributed by atoms with Crippen LogP contribution in [0.1, 0.15) is 13.8 Å². The SMILES string of the molecule is CC(C)N(C)CCNC(=O)N1CCN(c2ccncc2)CC1. The Balaban J connectivity index is 1.71. The molecule has 1 aromatic heterocycles. The van der Waals surface area contributed by atoms with E-state index in [0.29, 0.717) is 12.6 Å². The average Bonchev–Trinajstić information content (AvgIpc) is 2.55. The number of piperazine rings is 1. The second-order valence-electron chi connectivity index (χ2n) is 5.99. The highest BCUT2D eigenvalue weighted by molar-refractivity contribution is 5.74. The molecule has 6 nitrogen and oxygen atoms in total. The Morgan fingerprint density at radius 3 is 2.50 bits per heavy atom. The predicted octanol–water partition coefficient (Wildman–Crippen LogP) is 1.25. The van der Waals surface area contributed by atoms with Crippen LogP contribution in [0.3, 0.4) is 0 Å². The smallest absolute Gasteiger partial charge is 0.317 e. The van der Waals surface area contributed by atoms with Crippen LogP contribution in [0.15, 0.2) is 24.5 Å². The first kappa shape index (κ1) is 16.5. The normalized spacial score (nSPS) is 15.5. The Bertz CT molecular complexity index is 457. The molecule has 0 saturated carbocycles. The molecule has 0 unspecified atom stereocenters. The largest absolute Gasteiger partial charge is 0.368 e. The Hall–Kier alpha value is -1.82. The molecule has 0 bridgehead atoms. The topological polar surface area (TPSA) is 51.7 Å². The molecule has 0 aliphatic carbocycles. The van der Waals surface area contributed by atoms with Gasteiger partial charge in [0.1, 0.15) is 0 Å². The molecule has 22 heavy (non-hydrogen) atoms. The monoisotopic (exact) mass is 305 g/mol. The van der Waals surface area contributed by atoms with Gasteiger partial charge in [-0.15, -0.1) is 0 Å². The Morgan fingerprint density at radius 1 is 1.27 bits per heavy atom. The Morgan fingerprint density at radius 2 is 1.91 bits per heavy atom. The third-order valence-electron chi connectivity index (χ3n) is 4.22. The number of anilines is 1. The molecule has 1 aliphatic rings. The van der Waals surface area contributed by atoms with Gasteiger partial charge in [-0.25, -0.2) is 4.79 Å². The molecule has 1 aromatic rings. The number of urea groups is 1. The van der Waals surface area contributed by atoms with Crippen LogP contribution in [0.2, 0.25) is 0 Å². The zero-order valence-electron chi connectivity index (χ0n) is 13.8. The second kappa shape index (κ2) is 7.98. The standard InChI is InChI=1S/C16H27N5O/c1-14(2)19(3)9-8-18-16(22)21-12-10-20(11-13-21)15-4-6-17-7-5-15/h4-7,14H,8-13H2,1-3H3,(H,18,22). The first-order chi connectivity index (χ1) is 10.6. The molecular weight excluding hydrogens is 278 g/mol. The van der Waals surface area contributed by atoms with Crippen molar-refractivity contribution in [1.82, 2.24) is 20.1 Å². The van der Waals surface area contributed by atoms with E-state index in [0.717, 1.165) is 32.7 Å². The number of pyridine rings is 1.